The maximum Gasteiger partial charge on any atom is 0.264 e. The fourth-order valence-corrected chi connectivity index (χ4v) is 5.61. The molecule has 0 aliphatic heterocycles. The number of anilines is 1. The fraction of sp³-hybridized carbons (Fsp3) is 0.333. The van der Waals surface area contributed by atoms with Gasteiger partial charge in [-0.1, -0.05) is 74.0 Å². The minimum Gasteiger partial charge on any atom is -0.354 e. The summed E-state index contributed by atoms with van der Waals surface area (Å²) in [5, 5.41) is 2.90. The number of rotatable bonds is 12. The molecule has 0 aliphatic carbocycles. The van der Waals surface area contributed by atoms with E-state index in [0.717, 1.165) is 33.8 Å². The number of carbonyl (C=O) groups excluding carboxylic acids is 2. The van der Waals surface area contributed by atoms with E-state index >= 15 is 0 Å². The van der Waals surface area contributed by atoms with Gasteiger partial charge in [0.05, 0.1) is 10.6 Å². The number of hydrogen-bond donors (Lipinski definition) is 1. The highest BCUT2D eigenvalue weighted by molar-refractivity contribution is 7.92. The predicted octanol–water partition coefficient (Wildman–Crippen LogP) is 4.83. The van der Waals surface area contributed by atoms with Crippen molar-refractivity contribution in [2.45, 2.75) is 58.0 Å². The van der Waals surface area contributed by atoms with Crippen LogP contribution in [0.1, 0.15) is 43.4 Å². The number of carbonyl (C=O) groups is 2. The zero-order valence-electron chi connectivity index (χ0n) is 22.6. The summed E-state index contributed by atoms with van der Waals surface area (Å²) in [7, 11) is -4.07. The highest BCUT2D eigenvalue weighted by atomic mass is 32.2. The fourth-order valence-electron chi connectivity index (χ4n) is 4.12. The van der Waals surface area contributed by atoms with Crippen molar-refractivity contribution in [3.8, 4) is 0 Å². The molecule has 7 nitrogen and oxygen atoms in total. The molecule has 2 amide bonds. The van der Waals surface area contributed by atoms with Crippen LogP contribution in [-0.4, -0.2) is 44.3 Å². The summed E-state index contributed by atoms with van der Waals surface area (Å²) < 4.78 is 28.9. The van der Waals surface area contributed by atoms with Gasteiger partial charge in [0, 0.05) is 13.1 Å². The van der Waals surface area contributed by atoms with Crippen LogP contribution in [0.25, 0.3) is 0 Å². The first kappa shape index (κ1) is 28.9. The second-order valence-electron chi connectivity index (χ2n) is 9.44. The van der Waals surface area contributed by atoms with Gasteiger partial charge in [-0.25, -0.2) is 8.42 Å². The number of unbranched alkanes of at least 4 members (excludes halogenated alkanes) is 1. The van der Waals surface area contributed by atoms with Crippen LogP contribution < -0.4 is 9.62 Å². The van der Waals surface area contributed by atoms with Gasteiger partial charge in [0.15, 0.2) is 0 Å². The van der Waals surface area contributed by atoms with Crippen LogP contribution in [0.3, 0.4) is 0 Å². The lowest BCUT2D eigenvalue weighted by Gasteiger charge is -2.32. The molecule has 0 fully saturated rings. The van der Waals surface area contributed by atoms with Crippen LogP contribution in [0.15, 0.2) is 83.8 Å². The Morgan fingerprint density at radius 1 is 0.921 bits per heavy atom. The Bertz CT molecular complexity index is 1330. The van der Waals surface area contributed by atoms with E-state index in [1.807, 2.05) is 63.2 Å². The van der Waals surface area contributed by atoms with Gasteiger partial charge >= 0.3 is 0 Å². The number of nitrogens with zero attached hydrogens (tertiary/aromatic N) is 2. The van der Waals surface area contributed by atoms with Gasteiger partial charge in [0.1, 0.15) is 12.6 Å². The standard InChI is InChI=1S/C30H37N3O4S/c1-5-6-19-31-30(35)25(4)32(21-26-13-9-7-10-14-26)29(34)22-33(28-20-23(2)17-18-24(28)3)38(36,37)27-15-11-8-12-16-27/h7-18,20,25H,5-6,19,21-22H2,1-4H3,(H,31,35)/t25-/m0/s1. The summed E-state index contributed by atoms with van der Waals surface area (Å²) in [6.07, 6.45) is 1.77. The van der Waals surface area contributed by atoms with Crippen molar-refractivity contribution in [3.05, 3.63) is 95.6 Å². The van der Waals surface area contributed by atoms with Gasteiger partial charge in [0.25, 0.3) is 10.0 Å². The Morgan fingerprint density at radius 3 is 2.18 bits per heavy atom. The minimum atomic E-state index is -4.07. The molecular formula is C30H37N3O4S. The minimum absolute atomic E-state index is 0.0914. The number of benzene rings is 3. The third kappa shape index (κ3) is 7.22. The number of amides is 2. The first-order valence-corrected chi connectivity index (χ1v) is 14.3. The lowest BCUT2D eigenvalue weighted by Crippen LogP contribution is -2.51. The summed E-state index contributed by atoms with van der Waals surface area (Å²) in [6.45, 7) is 7.66. The van der Waals surface area contributed by atoms with Gasteiger partial charge in [-0.15, -0.1) is 0 Å². The summed E-state index contributed by atoms with van der Waals surface area (Å²) in [4.78, 5) is 28.5. The molecule has 0 radical (unpaired) electrons. The molecule has 0 spiro atoms. The van der Waals surface area contributed by atoms with Crippen LogP contribution >= 0.6 is 0 Å². The van der Waals surface area contributed by atoms with Gasteiger partial charge in [-0.05, 0) is 62.1 Å². The number of sulfonamides is 1. The smallest absolute Gasteiger partial charge is 0.264 e. The van der Waals surface area contributed by atoms with Crippen molar-refractivity contribution >= 4 is 27.5 Å². The van der Waals surface area contributed by atoms with E-state index in [2.05, 4.69) is 5.32 Å². The Labute approximate surface area is 226 Å². The molecule has 0 aliphatic rings. The van der Waals surface area contributed by atoms with Crippen molar-refractivity contribution in [3.63, 3.8) is 0 Å². The largest absolute Gasteiger partial charge is 0.354 e. The van der Waals surface area contributed by atoms with Crippen LogP contribution in [-0.2, 0) is 26.2 Å². The second kappa shape index (κ2) is 13.2. The molecule has 0 bridgehead atoms. The SMILES string of the molecule is CCCCNC(=O)[C@H](C)N(Cc1ccccc1)C(=O)CN(c1cc(C)ccc1C)S(=O)(=O)c1ccccc1. The van der Waals surface area contributed by atoms with Crippen molar-refractivity contribution in [2.24, 2.45) is 0 Å². The highest BCUT2D eigenvalue weighted by Gasteiger charge is 2.33. The molecule has 0 heterocycles. The topological polar surface area (TPSA) is 86.8 Å². The van der Waals surface area contributed by atoms with Gasteiger partial charge < -0.3 is 10.2 Å². The van der Waals surface area contributed by atoms with Crippen LogP contribution in [0.2, 0.25) is 0 Å². The quantitative estimate of drug-likeness (QED) is 0.337. The molecule has 0 saturated heterocycles. The average molecular weight is 536 g/mol. The first-order valence-electron chi connectivity index (χ1n) is 12.9. The number of hydrogen-bond acceptors (Lipinski definition) is 4. The molecule has 0 unspecified atom stereocenters. The summed E-state index contributed by atoms with van der Waals surface area (Å²) in [5.74, 6) is -0.737. The zero-order chi connectivity index (χ0) is 27.7. The van der Waals surface area contributed by atoms with Crippen molar-refractivity contribution < 1.29 is 18.0 Å². The maximum absolute atomic E-state index is 13.9. The lowest BCUT2D eigenvalue weighted by atomic mass is 10.1. The molecule has 1 atom stereocenters. The highest BCUT2D eigenvalue weighted by Crippen LogP contribution is 2.28. The molecule has 3 rings (SSSR count). The van der Waals surface area contributed by atoms with E-state index in [1.54, 1.807) is 31.2 Å². The van der Waals surface area contributed by atoms with Crippen molar-refractivity contribution in [1.82, 2.24) is 10.2 Å². The van der Waals surface area contributed by atoms with E-state index in [-0.39, 0.29) is 17.3 Å². The van der Waals surface area contributed by atoms with Crippen LogP contribution in [0.5, 0.6) is 0 Å². The summed E-state index contributed by atoms with van der Waals surface area (Å²) in [5.41, 5.74) is 2.87. The zero-order valence-corrected chi connectivity index (χ0v) is 23.4. The Hall–Kier alpha value is -3.65. The third-order valence-corrected chi connectivity index (χ3v) is 8.21. The summed E-state index contributed by atoms with van der Waals surface area (Å²) in [6, 6.07) is 22.2. The van der Waals surface area contributed by atoms with E-state index in [0.29, 0.717) is 12.2 Å². The Kier molecular flexibility index (Phi) is 10.1. The van der Waals surface area contributed by atoms with Crippen molar-refractivity contribution in [2.75, 3.05) is 17.4 Å². The normalized spacial score (nSPS) is 12.0. The molecule has 0 aromatic heterocycles. The molecular weight excluding hydrogens is 498 g/mol. The molecule has 8 heteroatoms. The summed E-state index contributed by atoms with van der Waals surface area (Å²) >= 11 is 0. The first-order chi connectivity index (χ1) is 18.1. The molecule has 0 saturated carbocycles. The Balaban J connectivity index is 2.01. The molecule has 3 aromatic rings. The van der Waals surface area contributed by atoms with Crippen LogP contribution in [0.4, 0.5) is 5.69 Å². The van der Waals surface area contributed by atoms with Gasteiger partial charge in [-0.2, -0.15) is 0 Å². The number of nitrogens with one attached hydrogen (secondary N) is 1. The lowest BCUT2D eigenvalue weighted by molar-refractivity contribution is -0.139. The van der Waals surface area contributed by atoms with Gasteiger partial charge in [0.2, 0.25) is 11.8 Å². The third-order valence-electron chi connectivity index (χ3n) is 6.44. The van der Waals surface area contributed by atoms with Gasteiger partial charge in [-0.3, -0.25) is 13.9 Å². The predicted molar refractivity (Wildman–Crippen MR) is 151 cm³/mol. The second-order valence-corrected chi connectivity index (χ2v) is 11.3. The maximum atomic E-state index is 13.9. The van der Waals surface area contributed by atoms with Crippen molar-refractivity contribution in [1.29, 1.82) is 0 Å². The van der Waals surface area contributed by atoms with E-state index in [1.165, 1.54) is 17.0 Å². The molecule has 1 N–H and O–H groups in total. The molecule has 38 heavy (non-hydrogen) atoms. The Morgan fingerprint density at radius 2 is 1.55 bits per heavy atom. The van der Waals surface area contributed by atoms with E-state index in [4.69, 9.17) is 0 Å². The van der Waals surface area contributed by atoms with E-state index < -0.39 is 28.5 Å². The number of aryl methyl sites for hydroxylation is 2. The average Bonchev–Trinajstić information content (AvgIpc) is 2.92. The molecule has 3 aromatic carbocycles. The molecule has 202 valence electrons. The van der Waals surface area contributed by atoms with Crippen LogP contribution in [0, 0.1) is 13.8 Å². The van der Waals surface area contributed by atoms with E-state index in [9.17, 15) is 18.0 Å². The monoisotopic (exact) mass is 535 g/mol.